The number of piperidine rings is 1. The number of benzene rings is 1. The second-order valence-corrected chi connectivity index (χ2v) is 19.8. The minimum atomic E-state index is -1.97. The quantitative estimate of drug-likeness (QED) is 0.191. The van der Waals surface area contributed by atoms with Gasteiger partial charge in [-0.25, -0.2) is 14.4 Å². The lowest BCUT2D eigenvalue weighted by molar-refractivity contribution is 0.107. The molecule has 1 aliphatic heterocycles. The van der Waals surface area contributed by atoms with Crippen LogP contribution in [0.2, 0.25) is 23.2 Å². The summed E-state index contributed by atoms with van der Waals surface area (Å²) in [5.41, 5.74) is 3.65. The lowest BCUT2D eigenvalue weighted by atomic mass is 10.0. The summed E-state index contributed by atoms with van der Waals surface area (Å²) in [5, 5.41) is 8.24. The summed E-state index contributed by atoms with van der Waals surface area (Å²) in [4.78, 5) is 12.3. The number of nitrogens with zero attached hydrogens (tertiary/aromatic N) is 4. The Morgan fingerprint density at radius 2 is 1.89 bits per heavy atom. The van der Waals surface area contributed by atoms with Crippen LogP contribution in [0.4, 0.5) is 10.2 Å². The second kappa shape index (κ2) is 13.9. The highest BCUT2D eigenvalue weighted by atomic mass is 35.5. The number of nitrogens with one attached hydrogen (secondary N) is 1. The maximum absolute atomic E-state index is 15.5. The smallest absolute Gasteiger partial charge is 0.192 e. The molecule has 1 saturated heterocycles. The van der Waals surface area contributed by atoms with E-state index in [4.69, 9.17) is 35.3 Å². The van der Waals surface area contributed by atoms with E-state index < -0.39 is 14.5 Å². The molecular formula is C35H51ClFN5O3Si. The van der Waals surface area contributed by atoms with Gasteiger partial charge in [0.15, 0.2) is 14.1 Å². The number of likely N-dealkylation sites (tertiary alicyclic amines) is 1. The summed E-state index contributed by atoms with van der Waals surface area (Å²) < 4.78 is 34.1. The predicted molar refractivity (Wildman–Crippen MR) is 186 cm³/mol. The maximum Gasteiger partial charge on any atom is 0.192 e. The van der Waals surface area contributed by atoms with Gasteiger partial charge in [-0.15, -0.1) is 0 Å². The van der Waals surface area contributed by atoms with Crippen molar-refractivity contribution in [2.75, 3.05) is 25.0 Å². The number of aromatic nitrogens is 3. The van der Waals surface area contributed by atoms with Crippen molar-refractivity contribution < 1.29 is 18.1 Å². The van der Waals surface area contributed by atoms with Crippen molar-refractivity contribution >= 4 is 25.7 Å². The Hall–Kier alpha value is -2.53. The molecule has 5 rings (SSSR count). The Bertz CT molecular complexity index is 1500. The summed E-state index contributed by atoms with van der Waals surface area (Å²) in [6.45, 7) is 20.9. The van der Waals surface area contributed by atoms with Gasteiger partial charge in [-0.3, -0.25) is 4.90 Å². The Kier molecular flexibility index (Phi) is 10.5. The van der Waals surface area contributed by atoms with Crippen molar-refractivity contribution in [2.24, 2.45) is 0 Å². The number of rotatable bonds is 12. The number of aryl methyl sites for hydroxylation is 2. The van der Waals surface area contributed by atoms with Gasteiger partial charge in [0.05, 0.1) is 34.1 Å². The summed E-state index contributed by atoms with van der Waals surface area (Å²) in [5.74, 6) is 2.32. The van der Waals surface area contributed by atoms with Crippen LogP contribution in [-0.4, -0.2) is 72.4 Å². The van der Waals surface area contributed by atoms with Crippen LogP contribution >= 0.6 is 11.6 Å². The average Bonchev–Trinajstić information content (AvgIpc) is 3.78. The van der Waals surface area contributed by atoms with Crippen molar-refractivity contribution in [3.63, 3.8) is 0 Å². The Balaban J connectivity index is 1.45. The topological polar surface area (TPSA) is 85.5 Å². The molecule has 0 radical (unpaired) electrons. The summed E-state index contributed by atoms with van der Waals surface area (Å²) >= 11 is 6.81. The number of hydrogen-bond acceptors (Lipinski definition) is 8. The summed E-state index contributed by atoms with van der Waals surface area (Å²) in [6, 6.07) is 5.76. The van der Waals surface area contributed by atoms with Crippen molar-refractivity contribution in [3.8, 4) is 28.4 Å². The Morgan fingerprint density at radius 3 is 2.50 bits per heavy atom. The first kappa shape index (κ1) is 34.8. The normalized spacial score (nSPS) is 20.2. The molecule has 0 amide bonds. The van der Waals surface area contributed by atoms with Crippen LogP contribution in [0.1, 0.15) is 76.8 Å². The van der Waals surface area contributed by atoms with E-state index in [0.29, 0.717) is 65.0 Å². The third-order valence-electron chi connectivity index (χ3n) is 9.87. The fourth-order valence-corrected chi connectivity index (χ4v) is 7.50. The lowest BCUT2D eigenvalue weighted by Crippen LogP contribution is -2.48. The lowest BCUT2D eigenvalue weighted by Gasteiger charge is -2.39. The highest BCUT2D eigenvalue weighted by Gasteiger charge is 2.39. The Labute approximate surface area is 279 Å². The molecule has 3 aromatic rings. The van der Waals surface area contributed by atoms with E-state index in [1.54, 1.807) is 0 Å². The molecule has 2 aromatic heterocycles. The highest BCUT2D eigenvalue weighted by molar-refractivity contribution is 6.74. The molecule has 2 aliphatic rings. The summed E-state index contributed by atoms with van der Waals surface area (Å²) in [6.07, 6.45) is 3.96. The van der Waals surface area contributed by atoms with Crippen LogP contribution in [0.15, 0.2) is 22.7 Å². The molecule has 1 saturated carbocycles. The van der Waals surface area contributed by atoms with Gasteiger partial charge in [0, 0.05) is 30.3 Å². The molecule has 1 aromatic carbocycles. The first-order valence-electron chi connectivity index (χ1n) is 16.8. The molecule has 46 heavy (non-hydrogen) atoms. The van der Waals surface area contributed by atoms with E-state index >= 15 is 4.39 Å². The number of ether oxygens (including phenoxy) is 1. The van der Waals surface area contributed by atoms with Crippen molar-refractivity contribution in [1.29, 1.82) is 0 Å². The largest absolute Gasteiger partial charge is 0.491 e. The van der Waals surface area contributed by atoms with Gasteiger partial charge < -0.3 is 19.0 Å². The van der Waals surface area contributed by atoms with Gasteiger partial charge in [0.2, 0.25) is 0 Å². The van der Waals surface area contributed by atoms with Gasteiger partial charge in [0.25, 0.3) is 0 Å². The van der Waals surface area contributed by atoms with Gasteiger partial charge in [-0.1, -0.05) is 50.9 Å². The molecule has 0 unspecified atom stereocenters. The fraction of sp³-hybridized carbons (Fsp3) is 0.629. The monoisotopic (exact) mass is 671 g/mol. The molecule has 252 valence electrons. The molecule has 3 heterocycles. The van der Waals surface area contributed by atoms with Crippen LogP contribution in [0.5, 0.6) is 5.75 Å². The first-order valence-corrected chi connectivity index (χ1v) is 20.0. The van der Waals surface area contributed by atoms with Crippen molar-refractivity contribution in [3.05, 3.63) is 40.2 Å². The molecule has 0 spiro atoms. The first-order chi connectivity index (χ1) is 21.7. The predicted octanol–water partition coefficient (Wildman–Crippen LogP) is 8.93. The van der Waals surface area contributed by atoms with Crippen LogP contribution in [0.25, 0.3) is 22.6 Å². The average molecular weight is 672 g/mol. The van der Waals surface area contributed by atoms with E-state index in [0.717, 1.165) is 36.2 Å². The van der Waals surface area contributed by atoms with Gasteiger partial charge in [0.1, 0.15) is 30.1 Å². The molecule has 1 N–H and O–H groups in total. The third-order valence-corrected chi connectivity index (χ3v) is 14.7. The molecule has 0 bridgehead atoms. The minimum absolute atomic E-state index is 0.0115. The van der Waals surface area contributed by atoms with Crippen LogP contribution < -0.4 is 10.1 Å². The SMILES string of the molecule is CCC[C@H](COc1ccc(Cl)c(-c2nc(N[C@H]3CCN(C4CC4)C[C@H]3F)c(C)c(-c3c(C)noc3C)n2)c1)O[Si](C)(C)C(C)(C)C. The van der Waals surface area contributed by atoms with E-state index in [9.17, 15) is 0 Å². The van der Waals surface area contributed by atoms with Crippen LogP contribution in [-0.2, 0) is 4.43 Å². The summed E-state index contributed by atoms with van der Waals surface area (Å²) in [7, 11) is -1.97. The van der Waals surface area contributed by atoms with Crippen molar-refractivity contribution in [2.45, 2.75) is 123 Å². The molecule has 2 fully saturated rings. The number of alkyl halides is 1. The molecule has 3 atom stereocenters. The number of anilines is 1. The van der Waals surface area contributed by atoms with Gasteiger partial charge >= 0.3 is 0 Å². The van der Waals surface area contributed by atoms with E-state index in [2.05, 4.69) is 56.2 Å². The number of halogens is 2. The van der Waals surface area contributed by atoms with Crippen LogP contribution in [0, 0.1) is 20.8 Å². The van der Waals surface area contributed by atoms with Crippen molar-refractivity contribution in [1.82, 2.24) is 20.0 Å². The molecule has 11 heteroatoms. The fourth-order valence-electron chi connectivity index (χ4n) is 5.93. The van der Waals surface area contributed by atoms with Gasteiger partial charge in [-0.2, -0.15) is 0 Å². The van der Waals surface area contributed by atoms with Gasteiger partial charge in [-0.05, 0) is 82.8 Å². The zero-order valence-electron chi connectivity index (χ0n) is 29.0. The maximum atomic E-state index is 15.5. The second-order valence-electron chi connectivity index (χ2n) is 14.6. The highest BCUT2D eigenvalue weighted by Crippen LogP contribution is 2.39. The third kappa shape index (κ3) is 7.77. The molecule has 1 aliphatic carbocycles. The van der Waals surface area contributed by atoms with Crippen LogP contribution in [0.3, 0.4) is 0 Å². The molecule has 8 nitrogen and oxygen atoms in total. The van der Waals surface area contributed by atoms with E-state index in [1.165, 1.54) is 12.8 Å². The molecular weight excluding hydrogens is 621 g/mol. The zero-order valence-corrected chi connectivity index (χ0v) is 30.7. The number of hydrogen-bond donors (Lipinski definition) is 1. The van der Waals surface area contributed by atoms with E-state index in [-0.39, 0.29) is 17.2 Å². The standard InChI is InChI=1S/C35H51ClFN5O3Si/c1-10-11-26(45-46(8,9)35(5,6)7)20-43-25-14-15-28(36)27(18-25)34-39-32(31-22(3)41-44-23(31)4)21(2)33(40-34)38-30-16-17-42(19-29(30)37)24-12-13-24/h14-15,18,24,26,29-30H,10-13,16-17,19-20H2,1-9H3,(H,38,39,40)/t26-,29-,30+/m1/s1. The van der Waals surface area contributed by atoms with E-state index in [1.807, 2.05) is 39.0 Å². The zero-order chi connectivity index (χ0) is 33.4. The minimum Gasteiger partial charge on any atom is -0.491 e. The Morgan fingerprint density at radius 1 is 1.15 bits per heavy atom.